The maximum Gasteiger partial charge on any atom is 0.257 e. The Balaban J connectivity index is 2.25. The Bertz CT molecular complexity index is 349. The standard InChI is InChI=1S/C13H24N4O/c1-3-4-7-13(10-6-5-8-15-9-10)11(18)17(2)12(14)16-13/h10,15H,3-9H2,1-2H3,(H2,14,16). The zero-order chi connectivity index (χ0) is 13.2. The number of carbonyl (C=O) groups excluding carboxylic acids is 1. The van der Waals surface area contributed by atoms with Crippen LogP contribution in [0.2, 0.25) is 0 Å². The van der Waals surface area contributed by atoms with Crippen LogP contribution in [0.25, 0.3) is 0 Å². The van der Waals surface area contributed by atoms with E-state index < -0.39 is 5.54 Å². The Labute approximate surface area is 109 Å². The summed E-state index contributed by atoms with van der Waals surface area (Å²) < 4.78 is 0. The number of amides is 1. The summed E-state index contributed by atoms with van der Waals surface area (Å²) in [7, 11) is 1.73. The van der Waals surface area contributed by atoms with Crippen LogP contribution < -0.4 is 11.1 Å². The summed E-state index contributed by atoms with van der Waals surface area (Å²) in [6.07, 6.45) is 5.10. The Hall–Kier alpha value is -1.10. The number of piperidine rings is 1. The highest BCUT2D eigenvalue weighted by molar-refractivity contribution is 6.06. The van der Waals surface area contributed by atoms with Gasteiger partial charge in [-0.3, -0.25) is 9.69 Å². The van der Waals surface area contributed by atoms with E-state index in [1.165, 1.54) is 4.90 Å². The molecule has 2 rings (SSSR count). The van der Waals surface area contributed by atoms with Gasteiger partial charge in [0.2, 0.25) is 0 Å². The van der Waals surface area contributed by atoms with Gasteiger partial charge in [-0.15, -0.1) is 0 Å². The number of carbonyl (C=O) groups is 1. The minimum Gasteiger partial charge on any atom is -0.369 e. The van der Waals surface area contributed by atoms with E-state index in [1.807, 2.05) is 0 Å². The fourth-order valence-electron chi connectivity index (χ4n) is 3.06. The van der Waals surface area contributed by atoms with Crippen LogP contribution in [0.3, 0.4) is 0 Å². The molecule has 0 saturated carbocycles. The van der Waals surface area contributed by atoms with E-state index in [4.69, 9.17) is 5.73 Å². The van der Waals surface area contributed by atoms with Gasteiger partial charge in [-0.1, -0.05) is 19.8 Å². The number of unbranched alkanes of at least 4 members (excludes halogenated alkanes) is 1. The number of aliphatic imine (C=N–C) groups is 1. The summed E-state index contributed by atoms with van der Waals surface area (Å²) in [5.74, 6) is 0.748. The third-order valence-corrected chi connectivity index (χ3v) is 4.22. The first-order valence-electron chi connectivity index (χ1n) is 6.96. The molecule has 2 aliphatic rings. The van der Waals surface area contributed by atoms with Gasteiger partial charge in [0, 0.05) is 19.5 Å². The van der Waals surface area contributed by atoms with Crippen LogP contribution >= 0.6 is 0 Å². The first-order chi connectivity index (χ1) is 8.62. The van der Waals surface area contributed by atoms with E-state index in [2.05, 4.69) is 17.2 Å². The molecule has 5 heteroatoms. The van der Waals surface area contributed by atoms with Crippen molar-refractivity contribution in [3.05, 3.63) is 0 Å². The van der Waals surface area contributed by atoms with Crippen LogP contribution in [0.1, 0.15) is 39.0 Å². The maximum atomic E-state index is 12.5. The van der Waals surface area contributed by atoms with E-state index >= 15 is 0 Å². The van der Waals surface area contributed by atoms with E-state index in [0.29, 0.717) is 5.96 Å². The number of hydrogen-bond donors (Lipinski definition) is 2. The van der Waals surface area contributed by atoms with Crippen LogP contribution in [0.15, 0.2) is 4.99 Å². The monoisotopic (exact) mass is 252 g/mol. The highest BCUT2D eigenvalue weighted by Gasteiger charge is 2.51. The van der Waals surface area contributed by atoms with E-state index in [1.54, 1.807) is 7.05 Å². The number of rotatable bonds is 4. The molecule has 1 amide bonds. The first-order valence-corrected chi connectivity index (χ1v) is 6.96. The number of nitrogens with one attached hydrogen (secondary N) is 1. The van der Waals surface area contributed by atoms with Gasteiger partial charge < -0.3 is 11.1 Å². The lowest BCUT2D eigenvalue weighted by molar-refractivity contribution is -0.132. The number of nitrogens with two attached hydrogens (primary N) is 1. The number of hydrogen-bond acceptors (Lipinski definition) is 4. The quantitative estimate of drug-likeness (QED) is 0.774. The average Bonchev–Trinajstić information content (AvgIpc) is 2.63. The van der Waals surface area contributed by atoms with Gasteiger partial charge >= 0.3 is 0 Å². The van der Waals surface area contributed by atoms with Gasteiger partial charge in [-0.25, -0.2) is 4.99 Å². The van der Waals surface area contributed by atoms with Crippen LogP contribution in [0.5, 0.6) is 0 Å². The molecule has 18 heavy (non-hydrogen) atoms. The van der Waals surface area contributed by atoms with Crippen LogP contribution in [0, 0.1) is 5.92 Å². The van der Waals surface area contributed by atoms with Crippen molar-refractivity contribution in [2.75, 3.05) is 20.1 Å². The summed E-state index contributed by atoms with van der Waals surface area (Å²) in [5.41, 5.74) is 5.26. The molecule has 2 aliphatic heterocycles. The summed E-state index contributed by atoms with van der Waals surface area (Å²) >= 11 is 0. The van der Waals surface area contributed by atoms with Crippen molar-refractivity contribution in [1.82, 2.24) is 10.2 Å². The second-order valence-corrected chi connectivity index (χ2v) is 5.41. The molecule has 102 valence electrons. The minimum absolute atomic E-state index is 0.0853. The van der Waals surface area contributed by atoms with E-state index in [9.17, 15) is 4.79 Å². The smallest absolute Gasteiger partial charge is 0.257 e. The van der Waals surface area contributed by atoms with E-state index in [0.717, 1.165) is 45.2 Å². The van der Waals surface area contributed by atoms with Crippen molar-refractivity contribution in [2.24, 2.45) is 16.6 Å². The van der Waals surface area contributed by atoms with Crippen LogP contribution in [0.4, 0.5) is 0 Å². The van der Waals surface area contributed by atoms with E-state index in [-0.39, 0.29) is 11.8 Å². The van der Waals surface area contributed by atoms with Crippen molar-refractivity contribution in [3.8, 4) is 0 Å². The predicted molar refractivity (Wildman–Crippen MR) is 72.2 cm³/mol. The van der Waals surface area contributed by atoms with Crippen LogP contribution in [-0.4, -0.2) is 42.4 Å². The SMILES string of the molecule is CCCCC1(C2CCCNC2)N=C(N)N(C)C1=O. The minimum atomic E-state index is -0.595. The lowest BCUT2D eigenvalue weighted by Crippen LogP contribution is -2.51. The molecule has 2 atom stereocenters. The Kier molecular flexibility index (Phi) is 3.90. The second kappa shape index (κ2) is 5.26. The molecule has 2 unspecified atom stereocenters. The van der Waals surface area contributed by atoms with Crippen molar-refractivity contribution in [3.63, 3.8) is 0 Å². The normalized spacial score (nSPS) is 32.8. The molecule has 5 nitrogen and oxygen atoms in total. The number of guanidine groups is 1. The Morgan fingerprint density at radius 3 is 2.89 bits per heavy atom. The van der Waals surface area contributed by atoms with Gasteiger partial charge in [0.05, 0.1) is 0 Å². The van der Waals surface area contributed by atoms with Gasteiger partial charge in [0.15, 0.2) is 5.96 Å². The van der Waals surface area contributed by atoms with Crippen LogP contribution in [-0.2, 0) is 4.79 Å². The lowest BCUT2D eigenvalue weighted by Gasteiger charge is -2.36. The molecular formula is C13H24N4O. The molecule has 3 N–H and O–H groups in total. The molecule has 0 spiro atoms. The molecule has 0 radical (unpaired) electrons. The third-order valence-electron chi connectivity index (χ3n) is 4.22. The molecule has 2 heterocycles. The van der Waals surface area contributed by atoms with Crippen molar-refractivity contribution < 1.29 is 4.79 Å². The average molecular weight is 252 g/mol. The highest BCUT2D eigenvalue weighted by Crippen LogP contribution is 2.37. The summed E-state index contributed by atoms with van der Waals surface area (Å²) in [4.78, 5) is 18.6. The summed E-state index contributed by atoms with van der Waals surface area (Å²) in [6.45, 7) is 4.06. The first kappa shape index (κ1) is 13.3. The second-order valence-electron chi connectivity index (χ2n) is 5.41. The van der Waals surface area contributed by atoms with Crippen molar-refractivity contribution >= 4 is 11.9 Å². The van der Waals surface area contributed by atoms with Crippen molar-refractivity contribution in [1.29, 1.82) is 0 Å². The Morgan fingerprint density at radius 2 is 2.39 bits per heavy atom. The van der Waals surface area contributed by atoms with Gasteiger partial charge in [0.25, 0.3) is 5.91 Å². The zero-order valence-electron chi connectivity index (χ0n) is 11.4. The molecule has 0 aliphatic carbocycles. The molecule has 0 aromatic heterocycles. The largest absolute Gasteiger partial charge is 0.369 e. The van der Waals surface area contributed by atoms with Gasteiger partial charge in [-0.05, 0) is 25.8 Å². The molecule has 1 fully saturated rings. The molecule has 0 aromatic carbocycles. The summed E-state index contributed by atoms with van der Waals surface area (Å²) in [6, 6.07) is 0. The fourth-order valence-corrected chi connectivity index (χ4v) is 3.06. The zero-order valence-corrected chi connectivity index (χ0v) is 11.4. The predicted octanol–water partition coefficient (Wildman–Crippen LogP) is 0.702. The highest BCUT2D eigenvalue weighted by atomic mass is 16.2. The number of nitrogens with zero attached hydrogens (tertiary/aromatic N) is 2. The third kappa shape index (κ3) is 2.11. The molecule has 0 aromatic rings. The Morgan fingerprint density at radius 1 is 1.61 bits per heavy atom. The van der Waals surface area contributed by atoms with Gasteiger partial charge in [0.1, 0.15) is 5.54 Å². The fraction of sp³-hybridized carbons (Fsp3) is 0.846. The lowest BCUT2D eigenvalue weighted by atomic mass is 9.76. The summed E-state index contributed by atoms with van der Waals surface area (Å²) in [5, 5.41) is 3.38. The number of likely N-dealkylation sites (N-methyl/N-ethyl adjacent to an activating group) is 1. The maximum absolute atomic E-state index is 12.5. The molecular weight excluding hydrogens is 228 g/mol. The molecule has 1 saturated heterocycles. The molecule has 0 bridgehead atoms. The van der Waals surface area contributed by atoms with Crippen molar-refractivity contribution in [2.45, 2.75) is 44.6 Å². The van der Waals surface area contributed by atoms with Gasteiger partial charge in [-0.2, -0.15) is 0 Å². The topological polar surface area (TPSA) is 70.7 Å².